The molecule has 0 saturated carbocycles. The Kier molecular flexibility index (Phi) is 7.83. The zero-order valence-electron chi connectivity index (χ0n) is 19.8. The van der Waals surface area contributed by atoms with E-state index in [1.807, 2.05) is 20.8 Å². The van der Waals surface area contributed by atoms with E-state index in [-0.39, 0.29) is 28.4 Å². The van der Waals surface area contributed by atoms with Gasteiger partial charge in [0, 0.05) is 12.1 Å². The number of nitrogens with one attached hydrogen (secondary N) is 1. The molecule has 188 valence electrons. The molecule has 0 aromatic heterocycles. The maximum absolute atomic E-state index is 13.5. The minimum atomic E-state index is -4.19. The van der Waals surface area contributed by atoms with Crippen molar-refractivity contribution >= 4 is 50.9 Å². The van der Waals surface area contributed by atoms with E-state index in [1.54, 1.807) is 31.2 Å². The topological polar surface area (TPSA) is 104 Å². The minimum Gasteiger partial charge on any atom is -0.350 e. The Labute approximate surface area is 215 Å². The van der Waals surface area contributed by atoms with Gasteiger partial charge in [-0.15, -0.1) is 0 Å². The molecular weight excluding hydrogens is 513 g/mol. The second kappa shape index (κ2) is 10.2. The molecule has 8 nitrogen and oxygen atoms in total. The fourth-order valence-electron chi connectivity index (χ4n) is 3.81. The summed E-state index contributed by atoms with van der Waals surface area (Å²) in [6.45, 7) is 6.41. The number of hydrogen-bond acceptors (Lipinski definition) is 5. The summed E-state index contributed by atoms with van der Waals surface area (Å²) in [6, 6.07) is 9.68. The summed E-state index contributed by atoms with van der Waals surface area (Å²) < 4.78 is 26.5. The van der Waals surface area contributed by atoms with Gasteiger partial charge in [0.1, 0.15) is 17.5 Å². The lowest BCUT2D eigenvalue weighted by molar-refractivity contribution is -0.141. The Bertz CT molecular complexity index is 1270. The van der Waals surface area contributed by atoms with Crippen LogP contribution in [-0.2, 0) is 26.2 Å². The fourth-order valence-corrected chi connectivity index (χ4v) is 5.65. The van der Waals surface area contributed by atoms with Crippen molar-refractivity contribution in [2.24, 2.45) is 0 Å². The first-order valence-electron chi connectivity index (χ1n) is 11.0. The lowest BCUT2D eigenvalue weighted by Gasteiger charge is -2.33. The summed E-state index contributed by atoms with van der Waals surface area (Å²) >= 11 is 12.1. The highest BCUT2D eigenvalue weighted by molar-refractivity contribution is 7.90. The molecule has 2 aromatic rings. The molecule has 11 heteroatoms. The van der Waals surface area contributed by atoms with E-state index in [4.69, 9.17) is 23.2 Å². The predicted molar refractivity (Wildman–Crippen MR) is 134 cm³/mol. The molecule has 1 N–H and O–H groups in total. The van der Waals surface area contributed by atoms with Crippen LogP contribution in [0.5, 0.6) is 0 Å². The molecule has 0 radical (unpaired) electrons. The Balaban J connectivity index is 1.96. The standard InChI is InChI=1S/C24H27Cl2N3O5S/c1-5-19(22(31)27-24(2,3)4)28(13-15-10-11-17(25)18(26)12-15)21(30)14-29-23(32)16-8-6-7-9-20(16)35(29,33)34/h6-12,19H,5,13-14H2,1-4H3,(H,27,31)/t19-/m0/s1. The van der Waals surface area contributed by atoms with Crippen LogP contribution in [-0.4, -0.2) is 53.5 Å². The van der Waals surface area contributed by atoms with Crippen LogP contribution in [0.1, 0.15) is 50.0 Å². The molecule has 1 aliphatic heterocycles. The Hall–Kier alpha value is -2.62. The number of carbonyl (C=O) groups is 3. The fraction of sp³-hybridized carbons (Fsp3) is 0.375. The van der Waals surface area contributed by atoms with Crippen LogP contribution in [0.4, 0.5) is 0 Å². The van der Waals surface area contributed by atoms with E-state index in [1.165, 1.54) is 23.1 Å². The smallest absolute Gasteiger partial charge is 0.269 e. The molecule has 0 aliphatic carbocycles. The number of benzene rings is 2. The van der Waals surface area contributed by atoms with Crippen molar-refractivity contribution in [2.75, 3.05) is 6.54 Å². The number of nitrogens with zero attached hydrogens (tertiary/aromatic N) is 2. The van der Waals surface area contributed by atoms with Crippen LogP contribution in [0.2, 0.25) is 10.0 Å². The Morgan fingerprint density at radius 2 is 1.74 bits per heavy atom. The van der Waals surface area contributed by atoms with Crippen molar-refractivity contribution in [1.29, 1.82) is 0 Å². The number of sulfonamides is 1. The van der Waals surface area contributed by atoms with Gasteiger partial charge in [-0.25, -0.2) is 12.7 Å². The van der Waals surface area contributed by atoms with Gasteiger partial charge in [-0.2, -0.15) is 0 Å². The van der Waals surface area contributed by atoms with Crippen LogP contribution in [0.25, 0.3) is 0 Å². The average Bonchev–Trinajstić information content (AvgIpc) is 2.95. The third-order valence-corrected chi connectivity index (χ3v) is 7.94. The Morgan fingerprint density at radius 1 is 1.09 bits per heavy atom. The number of halogens is 2. The van der Waals surface area contributed by atoms with Crippen molar-refractivity contribution in [3.05, 3.63) is 63.6 Å². The highest BCUT2D eigenvalue weighted by atomic mass is 35.5. The van der Waals surface area contributed by atoms with Gasteiger partial charge in [0.2, 0.25) is 11.8 Å². The lowest BCUT2D eigenvalue weighted by atomic mass is 10.1. The molecule has 0 fully saturated rings. The van der Waals surface area contributed by atoms with Crippen molar-refractivity contribution in [1.82, 2.24) is 14.5 Å². The summed E-state index contributed by atoms with van der Waals surface area (Å²) in [5, 5.41) is 3.47. The van der Waals surface area contributed by atoms with Crippen LogP contribution in [0, 0.1) is 0 Å². The number of carbonyl (C=O) groups excluding carboxylic acids is 3. The summed E-state index contributed by atoms with van der Waals surface area (Å²) in [5.74, 6) is -1.88. The molecule has 35 heavy (non-hydrogen) atoms. The molecule has 1 heterocycles. The average molecular weight is 540 g/mol. The van der Waals surface area contributed by atoms with Gasteiger partial charge in [-0.3, -0.25) is 14.4 Å². The van der Waals surface area contributed by atoms with Crippen LogP contribution >= 0.6 is 23.2 Å². The van der Waals surface area contributed by atoms with Gasteiger partial charge in [-0.05, 0) is 57.0 Å². The minimum absolute atomic E-state index is 0.00819. The highest BCUT2D eigenvalue weighted by Crippen LogP contribution is 2.30. The molecule has 1 aliphatic rings. The number of rotatable bonds is 7. The van der Waals surface area contributed by atoms with Crippen molar-refractivity contribution in [2.45, 2.75) is 57.1 Å². The van der Waals surface area contributed by atoms with Crippen molar-refractivity contribution in [3.8, 4) is 0 Å². The predicted octanol–water partition coefficient (Wildman–Crippen LogP) is 3.86. The summed E-state index contributed by atoms with van der Waals surface area (Å²) in [7, 11) is -4.19. The highest BCUT2D eigenvalue weighted by Gasteiger charge is 2.43. The largest absolute Gasteiger partial charge is 0.350 e. The second-order valence-corrected chi connectivity index (χ2v) is 11.9. The van der Waals surface area contributed by atoms with E-state index >= 15 is 0 Å². The molecule has 0 unspecified atom stereocenters. The first kappa shape index (κ1) is 27.0. The molecule has 3 amide bonds. The first-order chi connectivity index (χ1) is 16.3. The molecule has 0 saturated heterocycles. The van der Waals surface area contributed by atoms with Crippen LogP contribution < -0.4 is 5.32 Å². The third-order valence-electron chi connectivity index (χ3n) is 5.41. The second-order valence-electron chi connectivity index (χ2n) is 9.25. The molecule has 1 atom stereocenters. The van der Waals surface area contributed by atoms with Gasteiger partial charge < -0.3 is 10.2 Å². The van der Waals surface area contributed by atoms with Gasteiger partial charge in [0.15, 0.2) is 0 Å². The van der Waals surface area contributed by atoms with E-state index in [0.717, 1.165) is 0 Å². The number of fused-ring (bicyclic) bond motifs is 1. The van der Waals surface area contributed by atoms with Gasteiger partial charge in [0.25, 0.3) is 15.9 Å². The number of hydrogen-bond donors (Lipinski definition) is 1. The van der Waals surface area contributed by atoms with E-state index in [9.17, 15) is 22.8 Å². The molecular formula is C24H27Cl2N3O5S. The SMILES string of the molecule is CC[C@@H](C(=O)NC(C)(C)C)N(Cc1ccc(Cl)c(Cl)c1)C(=O)CN1C(=O)c2ccccc2S1(=O)=O. The van der Waals surface area contributed by atoms with E-state index in [2.05, 4.69) is 5.32 Å². The number of amides is 3. The molecule has 3 rings (SSSR count). The van der Waals surface area contributed by atoms with Crippen LogP contribution in [0.3, 0.4) is 0 Å². The normalized spacial score (nSPS) is 15.5. The summed E-state index contributed by atoms with van der Waals surface area (Å²) in [6.07, 6.45) is 0.260. The Morgan fingerprint density at radius 3 is 2.31 bits per heavy atom. The van der Waals surface area contributed by atoms with Gasteiger partial charge >= 0.3 is 0 Å². The molecule has 2 aromatic carbocycles. The third kappa shape index (κ3) is 5.79. The maximum Gasteiger partial charge on any atom is 0.269 e. The monoisotopic (exact) mass is 539 g/mol. The quantitative estimate of drug-likeness (QED) is 0.575. The van der Waals surface area contributed by atoms with Crippen LogP contribution in [0.15, 0.2) is 47.4 Å². The zero-order valence-corrected chi connectivity index (χ0v) is 22.2. The summed E-state index contributed by atoms with van der Waals surface area (Å²) in [4.78, 5) is 40.6. The van der Waals surface area contributed by atoms with Gasteiger partial charge in [-0.1, -0.05) is 48.3 Å². The van der Waals surface area contributed by atoms with Gasteiger partial charge in [0.05, 0.1) is 15.6 Å². The lowest BCUT2D eigenvalue weighted by Crippen LogP contribution is -2.55. The van der Waals surface area contributed by atoms with E-state index in [0.29, 0.717) is 14.9 Å². The first-order valence-corrected chi connectivity index (χ1v) is 13.2. The summed E-state index contributed by atoms with van der Waals surface area (Å²) in [5.41, 5.74) is 0.0427. The maximum atomic E-state index is 13.5. The van der Waals surface area contributed by atoms with E-state index < -0.39 is 45.9 Å². The zero-order chi connectivity index (χ0) is 26.1. The van der Waals surface area contributed by atoms with Crippen molar-refractivity contribution < 1.29 is 22.8 Å². The molecule has 0 bridgehead atoms. The molecule has 0 spiro atoms. The van der Waals surface area contributed by atoms with Crippen molar-refractivity contribution in [3.63, 3.8) is 0 Å².